The van der Waals surface area contributed by atoms with Gasteiger partial charge in [0.1, 0.15) is 11.6 Å². The van der Waals surface area contributed by atoms with Crippen molar-refractivity contribution in [3.8, 4) is 5.75 Å². The Morgan fingerprint density at radius 2 is 2.00 bits per heavy atom. The predicted octanol–water partition coefficient (Wildman–Crippen LogP) is 3.13. The van der Waals surface area contributed by atoms with E-state index in [9.17, 15) is 9.18 Å². The van der Waals surface area contributed by atoms with Gasteiger partial charge in [-0.3, -0.25) is 0 Å². The Balaban J connectivity index is 2.20. The normalized spacial score (nSPS) is 20.4. The van der Waals surface area contributed by atoms with Crippen LogP contribution in [0.1, 0.15) is 37.7 Å². The monoisotopic (exact) mass is 264 g/mol. The smallest absolute Gasteiger partial charge is 0.320 e. The summed E-state index contributed by atoms with van der Waals surface area (Å²) in [6.07, 6.45) is 4.86. The summed E-state index contributed by atoms with van der Waals surface area (Å²) in [7, 11) is 1.57. The average molecular weight is 264 g/mol. The molecule has 0 aromatic heterocycles. The van der Waals surface area contributed by atoms with Gasteiger partial charge < -0.3 is 15.4 Å². The number of fused-ring (bicyclic) bond motifs is 2. The fourth-order valence-electron chi connectivity index (χ4n) is 3.28. The second-order valence-electron chi connectivity index (χ2n) is 5.22. The van der Waals surface area contributed by atoms with Crippen LogP contribution in [0.5, 0.6) is 5.75 Å². The van der Waals surface area contributed by atoms with Crippen LogP contribution in [0, 0.1) is 5.82 Å². The van der Waals surface area contributed by atoms with Crippen LogP contribution in [-0.2, 0) is 5.54 Å². The zero-order chi connectivity index (χ0) is 13.5. The van der Waals surface area contributed by atoms with Crippen molar-refractivity contribution >= 4 is 11.7 Å². The third-order valence-electron chi connectivity index (χ3n) is 4.11. The van der Waals surface area contributed by atoms with Gasteiger partial charge in [0.15, 0.2) is 0 Å². The fourth-order valence-corrected chi connectivity index (χ4v) is 3.28. The Morgan fingerprint density at radius 1 is 1.26 bits per heavy atom. The largest absolute Gasteiger partial charge is 0.496 e. The summed E-state index contributed by atoms with van der Waals surface area (Å²) >= 11 is 0. The van der Waals surface area contributed by atoms with Crippen LogP contribution in [-0.4, -0.2) is 13.1 Å². The quantitative estimate of drug-likeness (QED) is 0.818. The molecule has 0 radical (unpaired) electrons. The molecule has 0 atom stereocenters. The SMILES string of the molecule is COc1ccc(F)c2c1C1(CCCCC1)NC(=O)N2. The number of urea groups is 1. The van der Waals surface area contributed by atoms with E-state index in [1.54, 1.807) is 13.2 Å². The van der Waals surface area contributed by atoms with E-state index < -0.39 is 11.4 Å². The molecule has 1 fully saturated rings. The van der Waals surface area contributed by atoms with Crippen LogP contribution < -0.4 is 15.4 Å². The highest BCUT2D eigenvalue weighted by atomic mass is 19.1. The van der Waals surface area contributed by atoms with Crippen molar-refractivity contribution < 1.29 is 13.9 Å². The average Bonchev–Trinajstić information content (AvgIpc) is 2.41. The Morgan fingerprint density at radius 3 is 2.68 bits per heavy atom. The van der Waals surface area contributed by atoms with Crippen molar-refractivity contribution in [2.75, 3.05) is 12.4 Å². The van der Waals surface area contributed by atoms with Gasteiger partial charge in [0.25, 0.3) is 0 Å². The van der Waals surface area contributed by atoms with E-state index in [0.29, 0.717) is 5.75 Å². The maximum absolute atomic E-state index is 14.0. The number of nitrogens with one attached hydrogen (secondary N) is 2. The minimum atomic E-state index is -0.483. The molecule has 0 unspecified atom stereocenters. The highest BCUT2D eigenvalue weighted by Crippen LogP contribution is 2.47. The van der Waals surface area contributed by atoms with E-state index in [-0.39, 0.29) is 11.7 Å². The van der Waals surface area contributed by atoms with Gasteiger partial charge >= 0.3 is 6.03 Å². The summed E-state index contributed by atoms with van der Waals surface area (Å²) in [6.45, 7) is 0. The lowest BCUT2D eigenvalue weighted by Crippen LogP contribution is -2.53. The van der Waals surface area contributed by atoms with Crippen molar-refractivity contribution in [2.45, 2.75) is 37.6 Å². The Kier molecular flexibility index (Phi) is 2.84. The molecule has 1 aliphatic heterocycles. The molecule has 2 aliphatic rings. The Bertz CT molecular complexity index is 524. The van der Waals surface area contributed by atoms with Gasteiger partial charge in [0.2, 0.25) is 0 Å². The van der Waals surface area contributed by atoms with Gasteiger partial charge in [0, 0.05) is 5.56 Å². The van der Waals surface area contributed by atoms with Gasteiger partial charge in [-0.2, -0.15) is 0 Å². The molecule has 102 valence electrons. The lowest BCUT2D eigenvalue weighted by molar-refractivity contribution is 0.204. The van der Waals surface area contributed by atoms with Gasteiger partial charge in [-0.1, -0.05) is 19.3 Å². The highest BCUT2D eigenvalue weighted by Gasteiger charge is 2.43. The maximum atomic E-state index is 14.0. The summed E-state index contributed by atoms with van der Waals surface area (Å²) in [4.78, 5) is 11.8. The first kappa shape index (κ1) is 12.3. The summed E-state index contributed by atoms with van der Waals surface area (Å²) in [5.41, 5.74) is 0.544. The van der Waals surface area contributed by atoms with E-state index >= 15 is 0 Å². The van der Waals surface area contributed by atoms with Gasteiger partial charge in [-0.25, -0.2) is 9.18 Å². The lowest BCUT2D eigenvalue weighted by atomic mass is 9.74. The minimum absolute atomic E-state index is 0.269. The van der Waals surface area contributed by atoms with Gasteiger partial charge in [-0.15, -0.1) is 0 Å². The molecule has 19 heavy (non-hydrogen) atoms. The number of rotatable bonds is 1. The van der Waals surface area contributed by atoms with Crippen molar-refractivity contribution in [3.63, 3.8) is 0 Å². The second-order valence-corrected chi connectivity index (χ2v) is 5.22. The molecule has 0 bridgehead atoms. The van der Waals surface area contributed by atoms with Gasteiger partial charge in [-0.05, 0) is 25.0 Å². The Hall–Kier alpha value is -1.78. The first-order valence-electron chi connectivity index (χ1n) is 6.62. The topological polar surface area (TPSA) is 50.4 Å². The number of halogens is 1. The van der Waals surface area contributed by atoms with E-state index in [0.717, 1.165) is 37.7 Å². The standard InChI is InChI=1S/C14H17FN2O2/c1-19-10-6-5-9(15)12-11(10)14(17-13(18)16-12)7-3-2-4-8-14/h5-6H,2-4,7-8H2,1H3,(H2,16,17,18). The van der Waals surface area contributed by atoms with E-state index in [1.165, 1.54) is 6.07 Å². The van der Waals surface area contributed by atoms with Crippen LogP contribution in [0.2, 0.25) is 0 Å². The molecule has 4 nitrogen and oxygen atoms in total. The molecule has 0 saturated heterocycles. The van der Waals surface area contributed by atoms with E-state index in [1.807, 2.05) is 0 Å². The molecule has 2 N–H and O–H groups in total. The van der Waals surface area contributed by atoms with Crippen LogP contribution >= 0.6 is 0 Å². The number of hydrogen-bond donors (Lipinski definition) is 2. The molecule has 1 aliphatic carbocycles. The highest BCUT2D eigenvalue weighted by molar-refractivity contribution is 5.94. The van der Waals surface area contributed by atoms with Crippen molar-refractivity contribution in [1.82, 2.24) is 5.32 Å². The second kappa shape index (κ2) is 4.40. The van der Waals surface area contributed by atoms with Crippen LogP contribution in [0.15, 0.2) is 12.1 Å². The molecule has 1 aromatic carbocycles. The number of amides is 2. The molecule has 1 heterocycles. The number of methoxy groups -OCH3 is 1. The molecule has 1 saturated carbocycles. The molecule has 1 aromatic rings. The first-order valence-corrected chi connectivity index (χ1v) is 6.62. The molecule has 1 spiro atoms. The fraction of sp³-hybridized carbons (Fsp3) is 0.500. The predicted molar refractivity (Wildman–Crippen MR) is 69.9 cm³/mol. The molecule has 2 amide bonds. The summed E-state index contributed by atoms with van der Waals surface area (Å²) in [5.74, 6) is 0.224. The number of carbonyl (C=O) groups is 1. The molecule has 5 heteroatoms. The number of anilines is 1. The Labute approximate surface area is 111 Å². The first-order chi connectivity index (χ1) is 9.16. The lowest BCUT2D eigenvalue weighted by Gasteiger charge is -2.43. The number of carbonyl (C=O) groups excluding carboxylic acids is 1. The number of hydrogen-bond acceptors (Lipinski definition) is 2. The summed E-state index contributed by atoms with van der Waals surface area (Å²) in [5, 5.41) is 5.56. The zero-order valence-electron chi connectivity index (χ0n) is 10.9. The van der Waals surface area contributed by atoms with E-state index in [2.05, 4.69) is 10.6 Å². The molecular weight excluding hydrogens is 247 g/mol. The van der Waals surface area contributed by atoms with Crippen LogP contribution in [0.25, 0.3) is 0 Å². The maximum Gasteiger partial charge on any atom is 0.320 e. The van der Waals surface area contributed by atoms with Crippen molar-refractivity contribution in [2.24, 2.45) is 0 Å². The van der Waals surface area contributed by atoms with Crippen LogP contribution in [0.4, 0.5) is 14.9 Å². The zero-order valence-corrected chi connectivity index (χ0v) is 10.9. The summed E-state index contributed by atoms with van der Waals surface area (Å²) < 4.78 is 19.4. The third kappa shape index (κ3) is 1.84. The van der Waals surface area contributed by atoms with Crippen molar-refractivity contribution in [1.29, 1.82) is 0 Å². The number of benzene rings is 1. The van der Waals surface area contributed by atoms with Gasteiger partial charge in [0.05, 0.1) is 18.3 Å². The molecular formula is C14H17FN2O2. The van der Waals surface area contributed by atoms with Crippen LogP contribution in [0.3, 0.4) is 0 Å². The molecule has 3 rings (SSSR count). The minimum Gasteiger partial charge on any atom is -0.496 e. The third-order valence-corrected chi connectivity index (χ3v) is 4.11. The van der Waals surface area contributed by atoms with Crippen molar-refractivity contribution in [3.05, 3.63) is 23.5 Å². The summed E-state index contributed by atoms with van der Waals surface area (Å²) in [6, 6.07) is 2.63. The van der Waals surface area contributed by atoms with E-state index in [4.69, 9.17) is 4.74 Å². The number of ether oxygens (including phenoxy) is 1.